The molecular formula is C11H19N3. The molecule has 1 aromatic heterocycles. The van der Waals surface area contributed by atoms with Gasteiger partial charge < -0.3 is 10.3 Å². The van der Waals surface area contributed by atoms with E-state index in [0.29, 0.717) is 0 Å². The Hall–Kier alpha value is -0.830. The molecule has 1 fully saturated rings. The fourth-order valence-corrected chi connectivity index (χ4v) is 1.82. The highest BCUT2D eigenvalue weighted by Crippen LogP contribution is 2.24. The molecule has 0 amide bonds. The van der Waals surface area contributed by atoms with Gasteiger partial charge in [-0.25, -0.2) is 4.98 Å². The second-order valence-corrected chi connectivity index (χ2v) is 4.14. The summed E-state index contributed by atoms with van der Waals surface area (Å²) < 4.78 is 0. The molecule has 0 atom stereocenters. The summed E-state index contributed by atoms with van der Waals surface area (Å²) in [5, 5.41) is 3.51. The lowest BCUT2D eigenvalue weighted by atomic mass is 9.85. The van der Waals surface area contributed by atoms with E-state index in [9.17, 15) is 0 Å². The molecule has 0 unspecified atom stereocenters. The molecule has 1 aliphatic rings. The SMILES string of the molecule is c1c[nH]c(CCCNCC2CCC2)n1. The zero-order chi connectivity index (χ0) is 9.64. The molecule has 0 aromatic carbocycles. The van der Waals surface area contributed by atoms with Crippen molar-refractivity contribution in [1.82, 2.24) is 15.3 Å². The Morgan fingerprint density at radius 3 is 3.07 bits per heavy atom. The normalized spacial score (nSPS) is 16.9. The fraction of sp³-hybridized carbons (Fsp3) is 0.727. The number of hydrogen-bond acceptors (Lipinski definition) is 2. The van der Waals surface area contributed by atoms with E-state index in [1.165, 1.54) is 32.2 Å². The maximum Gasteiger partial charge on any atom is 0.106 e. The van der Waals surface area contributed by atoms with Gasteiger partial charge in [-0.15, -0.1) is 0 Å². The maximum atomic E-state index is 4.19. The average Bonchev–Trinajstić information content (AvgIpc) is 2.60. The first kappa shape index (κ1) is 9.71. The second-order valence-electron chi connectivity index (χ2n) is 4.14. The standard InChI is InChI=1S/C11H19N3/c1-3-10(4-1)9-12-6-2-5-11-13-7-8-14-11/h7-8,10,12H,1-6,9H2,(H,13,14). The van der Waals surface area contributed by atoms with Gasteiger partial charge >= 0.3 is 0 Å². The molecule has 1 saturated carbocycles. The van der Waals surface area contributed by atoms with Crippen molar-refractivity contribution in [1.29, 1.82) is 0 Å². The molecule has 3 heteroatoms. The van der Waals surface area contributed by atoms with Crippen LogP contribution in [0.3, 0.4) is 0 Å². The largest absolute Gasteiger partial charge is 0.349 e. The van der Waals surface area contributed by atoms with E-state index in [4.69, 9.17) is 0 Å². The molecule has 14 heavy (non-hydrogen) atoms. The zero-order valence-electron chi connectivity index (χ0n) is 8.63. The van der Waals surface area contributed by atoms with Crippen LogP contribution in [0.2, 0.25) is 0 Å². The molecule has 3 nitrogen and oxygen atoms in total. The van der Waals surface area contributed by atoms with E-state index in [2.05, 4.69) is 15.3 Å². The van der Waals surface area contributed by atoms with Gasteiger partial charge in [0.05, 0.1) is 0 Å². The highest BCUT2D eigenvalue weighted by Gasteiger charge is 2.15. The summed E-state index contributed by atoms with van der Waals surface area (Å²) in [6, 6.07) is 0. The van der Waals surface area contributed by atoms with Crippen LogP contribution >= 0.6 is 0 Å². The number of nitrogens with one attached hydrogen (secondary N) is 2. The van der Waals surface area contributed by atoms with Crippen LogP contribution in [0, 0.1) is 5.92 Å². The van der Waals surface area contributed by atoms with Crippen LogP contribution in [0.1, 0.15) is 31.5 Å². The number of aromatic nitrogens is 2. The van der Waals surface area contributed by atoms with Gasteiger partial charge in [0.25, 0.3) is 0 Å². The van der Waals surface area contributed by atoms with Crippen LogP contribution < -0.4 is 5.32 Å². The molecule has 2 N–H and O–H groups in total. The number of aryl methyl sites for hydroxylation is 1. The Morgan fingerprint density at radius 1 is 1.50 bits per heavy atom. The fourth-order valence-electron chi connectivity index (χ4n) is 1.82. The minimum absolute atomic E-state index is 0.971. The summed E-state index contributed by atoms with van der Waals surface area (Å²) in [5.74, 6) is 2.08. The lowest BCUT2D eigenvalue weighted by Crippen LogP contribution is -2.28. The van der Waals surface area contributed by atoms with Gasteiger partial charge in [0.2, 0.25) is 0 Å². The molecule has 0 aliphatic heterocycles. The monoisotopic (exact) mass is 193 g/mol. The topological polar surface area (TPSA) is 40.7 Å². The molecule has 78 valence electrons. The number of aromatic amines is 1. The van der Waals surface area contributed by atoms with Crippen LogP contribution in [-0.4, -0.2) is 23.1 Å². The predicted octanol–water partition coefficient (Wildman–Crippen LogP) is 1.73. The van der Waals surface area contributed by atoms with Crippen LogP contribution in [0.5, 0.6) is 0 Å². The van der Waals surface area contributed by atoms with Gasteiger partial charge in [-0.3, -0.25) is 0 Å². The van der Waals surface area contributed by atoms with Crippen molar-refractivity contribution < 1.29 is 0 Å². The Balaban J connectivity index is 1.47. The number of rotatable bonds is 6. The molecule has 2 rings (SSSR count). The van der Waals surface area contributed by atoms with Gasteiger partial charge in [0, 0.05) is 18.8 Å². The minimum atomic E-state index is 0.971. The van der Waals surface area contributed by atoms with Crippen LogP contribution in [0.15, 0.2) is 12.4 Å². The highest BCUT2D eigenvalue weighted by molar-refractivity contribution is 4.86. The van der Waals surface area contributed by atoms with E-state index in [1.54, 1.807) is 0 Å². The maximum absolute atomic E-state index is 4.19. The zero-order valence-corrected chi connectivity index (χ0v) is 8.63. The lowest BCUT2D eigenvalue weighted by Gasteiger charge is -2.25. The Labute approximate surface area is 85.3 Å². The summed E-state index contributed by atoms with van der Waals surface area (Å²) in [6.45, 7) is 2.34. The third kappa shape index (κ3) is 2.84. The number of nitrogens with zero attached hydrogens (tertiary/aromatic N) is 1. The number of H-pyrrole nitrogens is 1. The third-order valence-electron chi connectivity index (χ3n) is 2.98. The lowest BCUT2D eigenvalue weighted by molar-refractivity contribution is 0.302. The van der Waals surface area contributed by atoms with Gasteiger partial charge in [-0.2, -0.15) is 0 Å². The Bertz CT molecular complexity index is 239. The molecule has 0 radical (unpaired) electrons. The molecule has 0 spiro atoms. The summed E-state index contributed by atoms with van der Waals surface area (Å²) in [4.78, 5) is 7.31. The number of hydrogen-bond donors (Lipinski definition) is 2. The first-order valence-corrected chi connectivity index (χ1v) is 5.64. The summed E-state index contributed by atoms with van der Waals surface area (Å²) in [5.41, 5.74) is 0. The molecule has 0 saturated heterocycles. The van der Waals surface area contributed by atoms with Crippen LogP contribution in [0.25, 0.3) is 0 Å². The van der Waals surface area contributed by atoms with Gasteiger partial charge in [-0.05, 0) is 38.3 Å². The van der Waals surface area contributed by atoms with Crippen LogP contribution in [-0.2, 0) is 6.42 Å². The van der Waals surface area contributed by atoms with Crippen molar-refractivity contribution in [3.8, 4) is 0 Å². The molecule has 1 aliphatic carbocycles. The van der Waals surface area contributed by atoms with Crippen molar-refractivity contribution >= 4 is 0 Å². The third-order valence-corrected chi connectivity index (χ3v) is 2.98. The van der Waals surface area contributed by atoms with E-state index in [0.717, 1.165) is 24.7 Å². The smallest absolute Gasteiger partial charge is 0.106 e. The highest BCUT2D eigenvalue weighted by atomic mass is 14.9. The van der Waals surface area contributed by atoms with Crippen molar-refractivity contribution in [3.63, 3.8) is 0 Å². The van der Waals surface area contributed by atoms with Crippen molar-refractivity contribution in [2.75, 3.05) is 13.1 Å². The Morgan fingerprint density at radius 2 is 2.43 bits per heavy atom. The first-order chi connectivity index (χ1) is 6.95. The summed E-state index contributed by atoms with van der Waals surface area (Å²) in [6.07, 6.45) is 10.3. The van der Waals surface area contributed by atoms with E-state index >= 15 is 0 Å². The molecular weight excluding hydrogens is 174 g/mol. The Kier molecular flexibility index (Phi) is 3.57. The molecule has 1 heterocycles. The van der Waals surface area contributed by atoms with Crippen LogP contribution in [0.4, 0.5) is 0 Å². The van der Waals surface area contributed by atoms with Gasteiger partial charge in [-0.1, -0.05) is 6.42 Å². The van der Waals surface area contributed by atoms with Crippen molar-refractivity contribution in [2.24, 2.45) is 5.92 Å². The molecule has 0 bridgehead atoms. The van der Waals surface area contributed by atoms with Crippen molar-refractivity contribution in [3.05, 3.63) is 18.2 Å². The first-order valence-electron chi connectivity index (χ1n) is 5.64. The second kappa shape index (κ2) is 5.15. The number of imidazole rings is 1. The van der Waals surface area contributed by atoms with E-state index < -0.39 is 0 Å². The quantitative estimate of drug-likeness (QED) is 0.675. The van der Waals surface area contributed by atoms with Gasteiger partial charge in [0.15, 0.2) is 0 Å². The van der Waals surface area contributed by atoms with Gasteiger partial charge in [0.1, 0.15) is 5.82 Å². The predicted molar refractivity (Wildman–Crippen MR) is 57.1 cm³/mol. The average molecular weight is 193 g/mol. The summed E-state index contributed by atoms with van der Waals surface area (Å²) in [7, 11) is 0. The summed E-state index contributed by atoms with van der Waals surface area (Å²) >= 11 is 0. The van der Waals surface area contributed by atoms with E-state index in [-0.39, 0.29) is 0 Å². The molecule has 1 aromatic rings. The minimum Gasteiger partial charge on any atom is -0.349 e. The van der Waals surface area contributed by atoms with E-state index in [1.807, 2.05) is 12.4 Å². The van der Waals surface area contributed by atoms with Crippen molar-refractivity contribution in [2.45, 2.75) is 32.1 Å².